The Bertz CT molecular complexity index is 143. The summed E-state index contributed by atoms with van der Waals surface area (Å²) in [6.45, 7) is 0. The van der Waals surface area contributed by atoms with Crippen molar-refractivity contribution in [2.24, 2.45) is 0 Å². The van der Waals surface area contributed by atoms with Crippen LogP contribution in [0.4, 0.5) is 0 Å². The SMILES string of the molecule is I.c1cc2ccc1-2. The van der Waals surface area contributed by atoms with Crippen molar-refractivity contribution >= 4 is 24.0 Å². The fourth-order valence-electron chi connectivity index (χ4n) is 0.663. The van der Waals surface area contributed by atoms with Crippen LogP contribution in [0.1, 0.15) is 0 Å². The molecule has 2 aliphatic carbocycles. The average Bonchev–Trinajstić information content (AvgIpc) is 1.54. The highest BCUT2D eigenvalue weighted by atomic mass is 127. The van der Waals surface area contributed by atoms with E-state index in [0.717, 1.165) is 0 Å². The molecule has 2 rings (SSSR count). The molecule has 0 N–H and O–H groups in total. The molecule has 7 heavy (non-hydrogen) atoms. The quantitative estimate of drug-likeness (QED) is 0.577. The van der Waals surface area contributed by atoms with Gasteiger partial charge in [-0.15, -0.1) is 24.0 Å². The molecule has 0 amide bonds. The molecule has 0 saturated heterocycles. The molecule has 0 aromatic heterocycles. The minimum atomic E-state index is 0. The van der Waals surface area contributed by atoms with Gasteiger partial charge in [-0.2, -0.15) is 0 Å². The Morgan fingerprint density at radius 2 is 1.00 bits per heavy atom. The summed E-state index contributed by atoms with van der Waals surface area (Å²) in [5, 5.41) is 0. The zero-order valence-electron chi connectivity index (χ0n) is 3.72. The largest absolute Gasteiger partial charge is 0.107 e. The van der Waals surface area contributed by atoms with Crippen LogP contribution < -0.4 is 0 Å². The monoisotopic (exact) mass is 204 g/mol. The Labute approximate surface area is 59.6 Å². The van der Waals surface area contributed by atoms with E-state index >= 15 is 0 Å². The van der Waals surface area contributed by atoms with E-state index in [-0.39, 0.29) is 24.0 Å². The van der Waals surface area contributed by atoms with Crippen molar-refractivity contribution in [3.8, 4) is 11.1 Å². The minimum Gasteiger partial charge on any atom is -0.107 e. The first-order valence-electron chi connectivity index (χ1n) is 2.07. The Morgan fingerprint density at radius 1 is 0.714 bits per heavy atom. The number of hydrogen-bond donors (Lipinski definition) is 0. The molecule has 0 atom stereocenters. The van der Waals surface area contributed by atoms with Gasteiger partial charge in [0.2, 0.25) is 0 Å². The smallest absolute Gasteiger partial charge is 0.0184 e. The van der Waals surface area contributed by atoms with Gasteiger partial charge in [0, 0.05) is 0 Å². The van der Waals surface area contributed by atoms with E-state index in [4.69, 9.17) is 0 Å². The van der Waals surface area contributed by atoms with Crippen LogP contribution in [0.5, 0.6) is 0 Å². The Kier molecular flexibility index (Phi) is 1.07. The second kappa shape index (κ2) is 1.47. The second-order valence-electron chi connectivity index (χ2n) is 1.58. The van der Waals surface area contributed by atoms with Crippen LogP contribution in [0.3, 0.4) is 0 Å². The molecule has 0 unspecified atom stereocenters. The maximum absolute atomic E-state index is 2.12. The lowest BCUT2D eigenvalue weighted by atomic mass is 9.95. The first-order valence-corrected chi connectivity index (χ1v) is 2.07. The van der Waals surface area contributed by atoms with Crippen LogP contribution in [0.15, 0.2) is 24.3 Å². The van der Waals surface area contributed by atoms with Gasteiger partial charge in [-0.25, -0.2) is 0 Å². The second-order valence-corrected chi connectivity index (χ2v) is 1.58. The van der Waals surface area contributed by atoms with Crippen LogP contribution in [0, 0.1) is 0 Å². The molecule has 0 bridgehead atoms. The maximum atomic E-state index is 2.12. The zero-order valence-corrected chi connectivity index (χ0v) is 6.05. The molecule has 0 aromatic carbocycles. The number of halogens is 1. The van der Waals surface area contributed by atoms with E-state index in [1.54, 1.807) is 0 Å². The molecule has 2 aliphatic rings. The van der Waals surface area contributed by atoms with Crippen LogP contribution in [-0.2, 0) is 0 Å². The fraction of sp³-hybridized carbons (Fsp3) is 0. The predicted molar refractivity (Wildman–Crippen MR) is 40.9 cm³/mol. The summed E-state index contributed by atoms with van der Waals surface area (Å²) in [5.74, 6) is 0. The number of hydrogen-bond acceptors (Lipinski definition) is 0. The van der Waals surface area contributed by atoms with Gasteiger partial charge in [0.05, 0.1) is 0 Å². The van der Waals surface area contributed by atoms with Crippen molar-refractivity contribution in [3.63, 3.8) is 0 Å². The summed E-state index contributed by atoms with van der Waals surface area (Å²) in [7, 11) is 0. The van der Waals surface area contributed by atoms with Gasteiger partial charge in [0.25, 0.3) is 0 Å². The first-order chi connectivity index (χ1) is 2.97. The minimum absolute atomic E-state index is 0. The topological polar surface area (TPSA) is 0 Å². The predicted octanol–water partition coefficient (Wildman–Crippen LogP) is 2.29. The van der Waals surface area contributed by atoms with Crippen molar-refractivity contribution in [2.45, 2.75) is 0 Å². The van der Waals surface area contributed by atoms with Crippen LogP contribution in [-0.4, -0.2) is 0 Å². The van der Waals surface area contributed by atoms with E-state index in [1.165, 1.54) is 11.1 Å². The summed E-state index contributed by atoms with van der Waals surface area (Å²) in [4.78, 5) is 0. The summed E-state index contributed by atoms with van der Waals surface area (Å²) < 4.78 is 0. The normalized spacial score (nSPS) is 9.71. The average molecular weight is 204 g/mol. The molecule has 0 spiro atoms. The molecular formula is C6H5I. The molecule has 0 fully saturated rings. The number of rotatable bonds is 0. The van der Waals surface area contributed by atoms with Crippen LogP contribution in [0.2, 0.25) is 0 Å². The van der Waals surface area contributed by atoms with Gasteiger partial charge in [0.1, 0.15) is 0 Å². The van der Waals surface area contributed by atoms with E-state index < -0.39 is 0 Å². The Hall–Kier alpha value is -0.0500. The van der Waals surface area contributed by atoms with Gasteiger partial charge in [-0.3, -0.25) is 0 Å². The standard InChI is InChI=1S/C6H4.HI/c1-2-6-4-3-5(1)6;/h1-4H;1H. The van der Waals surface area contributed by atoms with Crippen LogP contribution in [0.25, 0.3) is 11.1 Å². The van der Waals surface area contributed by atoms with Gasteiger partial charge >= 0.3 is 0 Å². The van der Waals surface area contributed by atoms with Gasteiger partial charge in [-0.1, -0.05) is 24.3 Å². The van der Waals surface area contributed by atoms with Crippen LogP contribution >= 0.6 is 24.0 Å². The molecule has 0 saturated carbocycles. The molecule has 0 aliphatic heterocycles. The highest BCUT2D eigenvalue weighted by Crippen LogP contribution is 2.29. The van der Waals surface area contributed by atoms with Crippen molar-refractivity contribution in [1.82, 2.24) is 0 Å². The third kappa shape index (κ3) is 0.477. The molecule has 0 nitrogen and oxygen atoms in total. The van der Waals surface area contributed by atoms with E-state index in [2.05, 4.69) is 24.3 Å². The van der Waals surface area contributed by atoms with Gasteiger partial charge < -0.3 is 0 Å². The van der Waals surface area contributed by atoms with Crippen molar-refractivity contribution < 1.29 is 0 Å². The fourth-order valence-corrected chi connectivity index (χ4v) is 0.663. The molecule has 0 heterocycles. The van der Waals surface area contributed by atoms with Crippen molar-refractivity contribution in [2.75, 3.05) is 0 Å². The Balaban J connectivity index is 0.000000245. The summed E-state index contributed by atoms with van der Waals surface area (Å²) >= 11 is 0. The Morgan fingerprint density at radius 3 is 1.00 bits per heavy atom. The van der Waals surface area contributed by atoms with E-state index in [0.29, 0.717) is 0 Å². The van der Waals surface area contributed by atoms with Gasteiger partial charge in [0.15, 0.2) is 0 Å². The highest BCUT2D eigenvalue weighted by Gasteiger charge is 2.03. The van der Waals surface area contributed by atoms with Crippen molar-refractivity contribution in [3.05, 3.63) is 24.3 Å². The maximum Gasteiger partial charge on any atom is -0.0184 e. The number of fused-ring (bicyclic) bond motifs is 1. The third-order valence-electron chi connectivity index (χ3n) is 1.22. The first kappa shape index (κ1) is 5.09. The lowest BCUT2D eigenvalue weighted by molar-refractivity contribution is 1.55. The molecule has 0 radical (unpaired) electrons. The highest BCUT2D eigenvalue weighted by molar-refractivity contribution is 14.0. The third-order valence-corrected chi connectivity index (χ3v) is 1.22. The molecule has 1 heteroatoms. The summed E-state index contributed by atoms with van der Waals surface area (Å²) in [6, 6.07) is 8.48. The lowest BCUT2D eigenvalue weighted by Gasteiger charge is -2.10. The molecule has 36 valence electrons. The van der Waals surface area contributed by atoms with Gasteiger partial charge in [-0.05, 0) is 11.1 Å². The molecule has 0 aromatic rings. The molecular weight excluding hydrogens is 199 g/mol. The van der Waals surface area contributed by atoms with E-state index in [9.17, 15) is 0 Å². The van der Waals surface area contributed by atoms with Crippen molar-refractivity contribution in [1.29, 1.82) is 0 Å². The summed E-state index contributed by atoms with van der Waals surface area (Å²) in [5.41, 5.74) is 2.85. The number of benzene rings is 1. The zero-order chi connectivity index (χ0) is 3.98. The summed E-state index contributed by atoms with van der Waals surface area (Å²) in [6.07, 6.45) is 0. The van der Waals surface area contributed by atoms with E-state index in [1.807, 2.05) is 0 Å². The lowest BCUT2D eigenvalue weighted by Crippen LogP contribution is -1.85.